The summed E-state index contributed by atoms with van der Waals surface area (Å²) in [5.41, 5.74) is 1.58. The molecule has 7 nitrogen and oxygen atoms in total. The molecule has 0 atom stereocenters. The summed E-state index contributed by atoms with van der Waals surface area (Å²) in [6.07, 6.45) is 1.72. The Bertz CT molecular complexity index is 1000. The summed E-state index contributed by atoms with van der Waals surface area (Å²) in [4.78, 5) is 30.9. The highest BCUT2D eigenvalue weighted by molar-refractivity contribution is 7.20. The van der Waals surface area contributed by atoms with E-state index in [2.05, 4.69) is 15.6 Å². The van der Waals surface area contributed by atoms with Crippen LogP contribution in [0.4, 0.5) is 16.3 Å². The molecule has 0 unspecified atom stereocenters. The van der Waals surface area contributed by atoms with Crippen LogP contribution in [0.3, 0.4) is 0 Å². The second-order valence-electron chi connectivity index (χ2n) is 6.27. The molecule has 0 aliphatic carbocycles. The number of fused-ring (bicyclic) bond motifs is 1. The van der Waals surface area contributed by atoms with Crippen LogP contribution in [0.1, 0.15) is 22.2 Å². The molecule has 0 saturated carbocycles. The van der Waals surface area contributed by atoms with E-state index in [9.17, 15) is 9.59 Å². The Hall–Kier alpha value is -3.13. The second-order valence-corrected chi connectivity index (χ2v) is 7.36. The van der Waals surface area contributed by atoms with Gasteiger partial charge in [-0.3, -0.25) is 0 Å². The van der Waals surface area contributed by atoms with Crippen molar-refractivity contribution in [1.29, 1.82) is 0 Å². The Morgan fingerprint density at radius 2 is 2.04 bits per heavy atom. The summed E-state index contributed by atoms with van der Waals surface area (Å²) < 4.78 is 5.99. The van der Waals surface area contributed by atoms with E-state index in [1.165, 1.54) is 11.3 Å². The van der Waals surface area contributed by atoms with Crippen LogP contribution in [0, 0.1) is 0 Å². The van der Waals surface area contributed by atoms with Crippen LogP contribution in [-0.2, 0) is 11.3 Å². The average Bonchev–Trinajstić information content (AvgIpc) is 3.10. The van der Waals surface area contributed by atoms with Crippen molar-refractivity contribution < 1.29 is 14.3 Å². The average molecular weight is 398 g/mol. The molecule has 0 aliphatic rings. The van der Waals surface area contributed by atoms with Crippen molar-refractivity contribution in [2.24, 2.45) is 0 Å². The predicted octanol–water partition coefficient (Wildman–Crippen LogP) is 3.86. The van der Waals surface area contributed by atoms with E-state index in [4.69, 9.17) is 4.74 Å². The van der Waals surface area contributed by atoms with Crippen LogP contribution in [0.25, 0.3) is 10.1 Å². The van der Waals surface area contributed by atoms with Crippen molar-refractivity contribution in [2.75, 3.05) is 30.9 Å². The summed E-state index contributed by atoms with van der Waals surface area (Å²) in [6, 6.07) is 10.8. The zero-order valence-corrected chi connectivity index (χ0v) is 16.8. The molecule has 3 aromatic rings. The minimum atomic E-state index is -0.330. The number of esters is 1. The molecule has 28 heavy (non-hydrogen) atoms. The molecular formula is C20H22N4O3S. The topological polar surface area (TPSA) is 83.6 Å². The zero-order chi connectivity index (χ0) is 20.1. The highest BCUT2D eigenvalue weighted by atomic mass is 32.1. The summed E-state index contributed by atoms with van der Waals surface area (Å²) in [5, 5.41) is 6.55. The molecule has 8 heteroatoms. The maximum Gasteiger partial charge on any atom is 0.348 e. The predicted molar refractivity (Wildman–Crippen MR) is 112 cm³/mol. The first-order valence-electron chi connectivity index (χ1n) is 8.84. The number of nitrogens with zero attached hydrogens (tertiary/aromatic N) is 2. The first-order valence-corrected chi connectivity index (χ1v) is 9.66. The number of carbonyl (C=O) groups excluding carboxylic acids is 2. The highest BCUT2D eigenvalue weighted by Crippen LogP contribution is 2.28. The summed E-state index contributed by atoms with van der Waals surface area (Å²) in [6.45, 7) is 2.48. The van der Waals surface area contributed by atoms with E-state index in [1.54, 1.807) is 19.2 Å². The molecule has 2 N–H and O–H groups in total. The largest absolute Gasteiger partial charge is 0.462 e. The molecule has 3 rings (SSSR count). The van der Waals surface area contributed by atoms with E-state index < -0.39 is 0 Å². The number of rotatable bonds is 6. The molecule has 0 fully saturated rings. The monoisotopic (exact) mass is 398 g/mol. The Morgan fingerprint density at radius 3 is 2.79 bits per heavy atom. The zero-order valence-electron chi connectivity index (χ0n) is 16.0. The summed E-state index contributed by atoms with van der Waals surface area (Å²) in [5.74, 6) is 0.484. The van der Waals surface area contributed by atoms with Gasteiger partial charge in [0.1, 0.15) is 10.7 Å². The van der Waals surface area contributed by atoms with Gasteiger partial charge in [-0.15, -0.1) is 11.3 Å². The van der Waals surface area contributed by atoms with Crippen LogP contribution < -0.4 is 15.5 Å². The minimum absolute atomic E-state index is 0.311. The Kier molecular flexibility index (Phi) is 6.10. The Labute approximate surface area is 167 Å². The number of ether oxygens (including phenoxy) is 1. The van der Waals surface area contributed by atoms with E-state index >= 15 is 0 Å². The number of amides is 2. The number of aromatic nitrogens is 1. The van der Waals surface area contributed by atoms with Crippen LogP contribution in [-0.4, -0.2) is 37.7 Å². The fourth-order valence-electron chi connectivity index (χ4n) is 2.75. The van der Waals surface area contributed by atoms with Crippen LogP contribution in [0.2, 0.25) is 0 Å². The molecule has 0 radical (unpaired) electrons. The molecule has 0 saturated heterocycles. The number of thiophene rings is 1. The first-order chi connectivity index (χ1) is 13.5. The number of hydrogen-bond acceptors (Lipinski definition) is 6. The third kappa shape index (κ3) is 4.58. The van der Waals surface area contributed by atoms with Crippen molar-refractivity contribution in [2.45, 2.75) is 13.5 Å². The van der Waals surface area contributed by atoms with Gasteiger partial charge >= 0.3 is 12.0 Å². The Balaban J connectivity index is 1.65. The minimum Gasteiger partial charge on any atom is -0.462 e. The third-order valence-electron chi connectivity index (χ3n) is 3.98. The number of pyridine rings is 1. The lowest BCUT2D eigenvalue weighted by molar-refractivity contribution is 0.0532. The van der Waals surface area contributed by atoms with Crippen molar-refractivity contribution >= 4 is 44.9 Å². The number of benzene rings is 1. The molecule has 2 amide bonds. The fraction of sp³-hybridized carbons (Fsp3) is 0.250. The van der Waals surface area contributed by atoms with Crippen LogP contribution in [0.15, 0.2) is 42.6 Å². The molecule has 0 bridgehead atoms. The molecule has 2 heterocycles. The van der Waals surface area contributed by atoms with Crippen LogP contribution in [0.5, 0.6) is 0 Å². The lowest BCUT2D eigenvalue weighted by Crippen LogP contribution is -2.29. The lowest BCUT2D eigenvalue weighted by atomic mass is 10.2. The SMILES string of the molecule is CCOC(=O)c1cc2cc(NC(=O)NCc3cccnc3N(C)C)ccc2s1. The molecule has 0 aliphatic heterocycles. The maximum atomic E-state index is 12.3. The smallest absolute Gasteiger partial charge is 0.348 e. The van der Waals surface area contributed by atoms with Gasteiger partial charge in [0.2, 0.25) is 0 Å². The second kappa shape index (κ2) is 8.71. The highest BCUT2D eigenvalue weighted by Gasteiger charge is 2.12. The van der Waals surface area contributed by atoms with Crippen LogP contribution >= 0.6 is 11.3 Å². The van der Waals surface area contributed by atoms with Crippen molar-refractivity contribution in [3.8, 4) is 0 Å². The van der Waals surface area contributed by atoms with Gasteiger partial charge in [0.25, 0.3) is 0 Å². The fourth-order valence-corrected chi connectivity index (χ4v) is 3.68. The van der Waals surface area contributed by atoms with Gasteiger partial charge in [-0.05, 0) is 42.6 Å². The van der Waals surface area contributed by atoms with Gasteiger partial charge in [-0.1, -0.05) is 6.07 Å². The van der Waals surface area contributed by atoms with E-state index in [0.717, 1.165) is 21.5 Å². The molecule has 2 aromatic heterocycles. The van der Waals surface area contributed by atoms with E-state index in [1.807, 2.05) is 49.3 Å². The van der Waals surface area contributed by atoms with Gasteiger partial charge in [0, 0.05) is 42.8 Å². The number of anilines is 2. The quantitative estimate of drug-likeness (QED) is 0.616. The number of carbonyl (C=O) groups is 2. The molecular weight excluding hydrogens is 376 g/mol. The van der Waals surface area contributed by atoms with Gasteiger partial charge < -0.3 is 20.3 Å². The number of urea groups is 1. The molecule has 0 spiro atoms. The van der Waals surface area contributed by atoms with E-state index in [0.29, 0.717) is 23.7 Å². The first kappa shape index (κ1) is 19.6. The van der Waals surface area contributed by atoms with Crippen molar-refractivity contribution in [1.82, 2.24) is 10.3 Å². The third-order valence-corrected chi connectivity index (χ3v) is 5.08. The van der Waals surface area contributed by atoms with Gasteiger partial charge in [-0.2, -0.15) is 0 Å². The maximum absolute atomic E-state index is 12.3. The lowest BCUT2D eigenvalue weighted by Gasteiger charge is -2.16. The number of nitrogens with one attached hydrogen (secondary N) is 2. The molecule has 1 aromatic carbocycles. The standard InChI is InChI=1S/C20H22N4O3S/c1-4-27-19(25)17-11-14-10-15(7-8-16(14)28-17)23-20(26)22-12-13-6-5-9-21-18(13)24(2)3/h5-11H,4,12H2,1-3H3,(H2,22,23,26). The summed E-state index contributed by atoms with van der Waals surface area (Å²) in [7, 11) is 3.82. The molecule has 146 valence electrons. The van der Waals surface area contributed by atoms with Gasteiger partial charge in [0.15, 0.2) is 0 Å². The van der Waals surface area contributed by atoms with E-state index in [-0.39, 0.29) is 12.0 Å². The normalized spacial score (nSPS) is 10.5. The van der Waals surface area contributed by atoms with Gasteiger partial charge in [-0.25, -0.2) is 14.6 Å². The number of hydrogen-bond donors (Lipinski definition) is 2. The van der Waals surface area contributed by atoms with Crippen molar-refractivity contribution in [3.63, 3.8) is 0 Å². The van der Waals surface area contributed by atoms with Gasteiger partial charge in [0.05, 0.1) is 6.61 Å². The summed E-state index contributed by atoms with van der Waals surface area (Å²) >= 11 is 1.37. The van der Waals surface area contributed by atoms with Crippen molar-refractivity contribution in [3.05, 3.63) is 53.0 Å². The Morgan fingerprint density at radius 1 is 1.21 bits per heavy atom.